The minimum Gasteiger partial charge on any atom is -0.378 e. The Labute approximate surface area is 144 Å². The number of ether oxygens (including phenoxy) is 1. The molecule has 2 fully saturated rings. The lowest BCUT2D eigenvalue weighted by Gasteiger charge is -2.35. The zero-order valence-electron chi connectivity index (χ0n) is 14.4. The highest BCUT2D eigenvalue weighted by atomic mass is 16.5. The van der Waals surface area contributed by atoms with Gasteiger partial charge in [-0.15, -0.1) is 0 Å². The zero-order valence-corrected chi connectivity index (χ0v) is 14.4. The van der Waals surface area contributed by atoms with Gasteiger partial charge in [0.15, 0.2) is 0 Å². The first-order valence-electron chi connectivity index (χ1n) is 9.28. The summed E-state index contributed by atoms with van der Waals surface area (Å²) < 4.78 is 5.30. The van der Waals surface area contributed by atoms with Gasteiger partial charge in [0.1, 0.15) is 0 Å². The number of urea groups is 1. The Hall–Kier alpha value is -1.56. The molecule has 0 bridgehead atoms. The van der Waals surface area contributed by atoms with Crippen molar-refractivity contribution in [1.29, 1.82) is 0 Å². The van der Waals surface area contributed by atoms with E-state index in [0.29, 0.717) is 45.3 Å². The van der Waals surface area contributed by atoms with Gasteiger partial charge in [-0.05, 0) is 38.0 Å². The Kier molecular flexibility index (Phi) is 6.12. The second-order valence-electron chi connectivity index (χ2n) is 7.04. The number of hydrogen-bond acceptors (Lipinski definition) is 3. The van der Waals surface area contributed by atoms with Crippen LogP contribution in [-0.2, 0) is 9.53 Å². The second-order valence-corrected chi connectivity index (χ2v) is 7.04. The van der Waals surface area contributed by atoms with E-state index in [9.17, 15) is 9.59 Å². The largest absolute Gasteiger partial charge is 0.378 e. The Balaban J connectivity index is 1.38. The molecule has 2 heterocycles. The van der Waals surface area contributed by atoms with E-state index in [-0.39, 0.29) is 17.9 Å². The number of likely N-dealkylation sites (tertiary alicyclic amines) is 1. The maximum Gasteiger partial charge on any atom is 0.317 e. The number of morpholine rings is 1. The molecular weight excluding hydrogens is 306 g/mol. The number of piperidine rings is 1. The van der Waals surface area contributed by atoms with Gasteiger partial charge < -0.3 is 19.9 Å². The summed E-state index contributed by atoms with van der Waals surface area (Å²) >= 11 is 0. The third-order valence-electron chi connectivity index (χ3n) is 5.37. The molecule has 1 aliphatic carbocycles. The smallest absolute Gasteiger partial charge is 0.317 e. The normalized spacial score (nSPS) is 25.6. The molecule has 0 aromatic heterocycles. The van der Waals surface area contributed by atoms with Crippen LogP contribution in [0.3, 0.4) is 0 Å². The standard InChI is InChI=1S/C18H29N3O3/c22-17(20-10-12-24-13-11-20)16-6-8-21(9-7-16)18(23)19-14-15-4-2-1-3-5-15/h1-2,15-16H,3-14H2,(H,19,23)/t15-/m0/s1. The third kappa shape index (κ3) is 4.50. The average molecular weight is 335 g/mol. The molecule has 24 heavy (non-hydrogen) atoms. The van der Waals surface area contributed by atoms with Gasteiger partial charge in [0.25, 0.3) is 0 Å². The highest BCUT2D eigenvalue weighted by Crippen LogP contribution is 2.21. The summed E-state index contributed by atoms with van der Waals surface area (Å²) in [4.78, 5) is 28.6. The van der Waals surface area contributed by atoms with Gasteiger partial charge in [-0.2, -0.15) is 0 Å². The minimum absolute atomic E-state index is 0.0295. The van der Waals surface area contributed by atoms with Crippen LogP contribution in [0.1, 0.15) is 32.1 Å². The number of nitrogens with one attached hydrogen (secondary N) is 1. The Bertz CT molecular complexity index is 466. The molecule has 3 rings (SSSR count). The summed E-state index contributed by atoms with van der Waals surface area (Å²) in [7, 11) is 0. The SMILES string of the molecule is O=C(NC[C@H]1CC=CCC1)N1CCC(C(=O)N2CCOCC2)CC1. The number of allylic oxidation sites excluding steroid dienone is 2. The van der Waals surface area contributed by atoms with Crippen LogP contribution in [-0.4, -0.2) is 67.7 Å². The average Bonchev–Trinajstić information content (AvgIpc) is 2.67. The highest BCUT2D eigenvalue weighted by molar-refractivity contribution is 5.80. The Morgan fingerprint density at radius 2 is 1.75 bits per heavy atom. The van der Waals surface area contributed by atoms with Gasteiger partial charge in [-0.3, -0.25) is 4.79 Å². The van der Waals surface area contributed by atoms with Crippen LogP contribution in [0.2, 0.25) is 0 Å². The van der Waals surface area contributed by atoms with Crippen LogP contribution >= 0.6 is 0 Å². The molecule has 0 saturated carbocycles. The molecule has 6 nitrogen and oxygen atoms in total. The molecule has 3 amide bonds. The number of hydrogen-bond donors (Lipinski definition) is 1. The zero-order chi connectivity index (χ0) is 16.8. The lowest BCUT2D eigenvalue weighted by atomic mass is 9.94. The fourth-order valence-corrected chi connectivity index (χ4v) is 3.76. The van der Waals surface area contributed by atoms with E-state index in [1.165, 1.54) is 0 Å². The summed E-state index contributed by atoms with van der Waals surface area (Å²) in [6.45, 7) is 4.81. The summed E-state index contributed by atoms with van der Waals surface area (Å²) in [5, 5.41) is 3.07. The van der Waals surface area contributed by atoms with Crippen molar-refractivity contribution in [2.75, 3.05) is 45.9 Å². The van der Waals surface area contributed by atoms with E-state index in [1.807, 2.05) is 9.80 Å². The molecule has 3 aliphatic rings. The second kappa shape index (κ2) is 8.51. The Morgan fingerprint density at radius 1 is 1.00 bits per heavy atom. The van der Waals surface area contributed by atoms with Crippen molar-refractivity contribution in [3.63, 3.8) is 0 Å². The van der Waals surface area contributed by atoms with Gasteiger partial charge in [-0.1, -0.05) is 12.2 Å². The van der Waals surface area contributed by atoms with Crippen molar-refractivity contribution in [2.24, 2.45) is 11.8 Å². The lowest BCUT2D eigenvalue weighted by Crippen LogP contribution is -2.49. The van der Waals surface area contributed by atoms with Crippen LogP contribution in [0.25, 0.3) is 0 Å². The molecular formula is C18H29N3O3. The predicted molar refractivity (Wildman–Crippen MR) is 91.6 cm³/mol. The van der Waals surface area contributed by atoms with E-state index in [4.69, 9.17) is 4.74 Å². The van der Waals surface area contributed by atoms with E-state index in [0.717, 1.165) is 38.6 Å². The molecule has 6 heteroatoms. The third-order valence-corrected chi connectivity index (χ3v) is 5.37. The summed E-state index contributed by atoms with van der Waals surface area (Å²) in [6.07, 6.45) is 9.32. The van der Waals surface area contributed by atoms with Gasteiger partial charge in [0.05, 0.1) is 13.2 Å². The maximum absolute atomic E-state index is 12.5. The number of carbonyl (C=O) groups is 2. The first kappa shape index (κ1) is 17.3. The van der Waals surface area contributed by atoms with E-state index < -0.39 is 0 Å². The van der Waals surface area contributed by atoms with Crippen molar-refractivity contribution < 1.29 is 14.3 Å². The minimum atomic E-state index is 0.0295. The van der Waals surface area contributed by atoms with Gasteiger partial charge in [0, 0.05) is 38.6 Å². The van der Waals surface area contributed by atoms with Crippen molar-refractivity contribution in [3.05, 3.63) is 12.2 Å². The maximum atomic E-state index is 12.5. The lowest BCUT2D eigenvalue weighted by molar-refractivity contribution is -0.141. The molecule has 0 radical (unpaired) electrons. The van der Waals surface area contributed by atoms with E-state index in [1.54, 1.807) is 0 Å². The van der Waals surface area contributed by atoms with E-state index in [2.05, 4.69) is 17.5 Å². The first-order chi connectivity index (χ1) is 11.7. The predicted octanol–water partition coefficient (Wildman–Crippen LogP) is 1.62. The first-order valence-corrected chi connectivity index (χ1v) is 9.28. The topological polar surface area (TPSA) is 61.9 Å². The van der Waals surface area contributed by atoms with Crippen LogP contribution in [0.4, 0.5) is 4.79 Å². The number of amides is 3. The van der Waals surface area contributed by atoms with Gasteiger partial charge >= 0.3 is 6.03 Å². The molecule has 2 saturated heterocycles. The van der Waals surface area contributed by atoms with Crippen LogP contribution in [0.15, 0.2) is 12.2 Å². The summed E-state index contributed by atoms with van der Waals surface area (Å²) in [5.74, 6) is 0.877. The number of carbonyl (C=O) groups excluding carboxylic acids is 2. The van der Waals surface area contributed by atoms with Crippen LogP contribution < -0.4 is 5.32 Å². The summed E-state index contributed by atoms with van der Waals surface area (Å²) in [5.41, 5.74) is 0. The number of rotatable bonds is 3. The highest BCUT2D eigenvalue weighted by Gasteiger charge is 2.30. The molecule has 134 valence electrons. The van der Waals surface area contributed by atoms with Crippen molar-refractivity contribution >= 4 is 11.9 Å². The molecule has 0 unspecified atom stereocenters. The van der Waals surface area contributed by atoms with E-state index >= 15 is 0 Å². The van der Waals surface area contributed by atoms with Crippen molar-refractivity contribution in [3.8, 4) is 0 Å². The molecule has 0 aromatic carbocycles. The van der Waals surface area contributed by atoms with Gasteiger partial charge in [0.2, 0.25) is 5.91 Å². The van der Waals surface area contributed by atoms with Crippen LogP contribution in [0, 0.1) is 11.8 Å². The quantitative estimate of drug-likeness (QED) is 0.797. The van der Waals surface area contributed by atoms with Crippen LogP contribution in [0.5, 0.6) is 0 Å². The molecule has 0 aromatic rings. The molecule has 1 N–H and O–H groups in total. The molecule has 1 atom stereocenters. The fraction of sp³-hybridized carbons (Fsp3) is 0.778. The monoisotopic (exact) mass is 335 g/mol. The fourth-order valence-electron chi connectivity index (χ4n) is 3.76. The van der Waals surface area contributed by atoms with Crippen molar-refractivity contribution in [1.82, 2.24) is 15.1 Å². The summed E-state index contributed by atoms with van der Waals surface area (Å²) in [6, 6.07) is 0.0295. The Morgan fingerprint density at radius 3 is 2.42 bits per heavy atom. The van der Waals surface area contributed by atoms with Gasteiger partial charge in [-0.25, -0.2) is 4.79 Å². The van der Waals surface area contributed by atoms with Crippen molar-refractivity contribution in [2.45, 2.75) is 32.1 Å². The molecule has 0 spiro atoms. The molecule has 2 aliphatic heterocycles. The number of nitrogens with zero attached hydrogens (tertiary/aromatic N) is 2.